The van der Waals surface area contributed by atoms with Crippen LogP contribution in [-0.4, -0.2) is 24.9 Å². The van der Waals surface area contributed by atoms with E-state index in [2.05, 4.69) is 12.2 Å². The largest absolute Gasteiger partial charge is 0.355 e. The average molecular weight is 290 g/mol. The number of carbonyl (C=O) groups is 2. The number of nitrogens with zero attached hydrogens (tertiary/aromatic N) is 1. The normalized spacial score (nSPS) is 10.3. The van der Waals surface area contributed by atoms with E-state index in [0.29, 0.717) is 6.54 Å². The van der Waals surface area contributed by atoms with Crippen molar-refractivity contribution in [3.8, 4) is 0 Å². The first kappa shape index (κ1) is 17.2. The lowest BCUT2D eigenvalue weighted by Gasteiger charge is -2.23. The van der Waals surface area contributed by atoms with Crippen molar-refractivity contribution in [1.29, 1.82) is 0 Å². The maximum atomic E-state index is 12.0. The van der Waals surface area contributed by atoms with Crippen LogP contribution in [0, 0.1) is 13.8 Å². The molecule has 0 atom stereocenters. The molecule has 0 aliphatic heterocycles. The first-order valence-corrected chi connectivity index (χ1v) is 7.58. The first-order chi connectivity index (χ1) is 9.97. The molecule has 116 valence electrons. The molecule has 0 spiro atoms. The van der Waals surface area contributed by atoms with Crippen LogP contribution in [0.4, 0.5) is 5.69 Å². The highest BCUT2D eigenvalue weighted by atomic mass is 16.2. The van der Waals surface area contributed by atoms with Crippen LogP contribution < -0.4 is 10.2 Å². The zero-order valence-electron chi connectivity index (χ0n) is 13.5. The SMILES string of the molecule is CCCCCNC(=O)CN(C(C)=O)c1cccc(C)c1C. The second-order valence-corrected chi connectivity index (χ2v) is 5.38. The maximum absolute atomic E-state index is 12.0. The molecule has 0 saturated carbocycles. The molecule has 1 aromatic carbocycles. The minimum atomic E-state index is -0.118. The molecule has 0 fully saturated rings. The highest BCUT2D eigenvalue weighted by Gasteiger charge is 2.17. The smallest absolute Gasteiger partial charge is 0.240 e. The fourth-order valence-corrected chi connectivity index (χ4v) is 2.20. The molecular weight excluding hydrogens is 264 g/mol. The van der Waals surface area contributed by atoms with E-state index < -0.39 is 0 Å². The van der Waals surface area contributed by atoms with Crippen molar-refractivity contribution in [3.63, 3.8) is 0 Å². The molecule has 0 aliphatic rings. The number of nitrogens with one attached hydrogen (secondary N) is 1. The lowest BCUT2D eigenvalue weighted by Crippen LogP contribution is -2.40. The fourth-order valence-electron chi connectivity index (χ4n) is 2.20. The minimum Gasteiger partial charge on any atom is -0.355 e. The lowest BCUT2D eigenvalue weighted by atomic mass is 10.1. The van der Waals surface area contributed by atoms with Gasteiger partial charge >= 0.3 is 0 Å². The minimum absolute atomic E-state index is 0.0752. The van der Waals surface area contributed by atoms with Crippen molar-refractivity contribution in [2.75, 3.05) is 18.0 Å². The summed E-state index contributed by atoms with van der Waals surface area (Å²) in [7, 11) is 0. The number of amides is 2. The maximum Gasteiger partial charge on any atom is 0.240 e. The second-order valence-electron chi connectivity index (χ2n) is 5.38. The van der Waals surface area contributed by atoms with E-state index in [1.165, 1.54) is 11.8 Å². The van der Waals surface area contributed by atoms with Crippen LogP contribution in [0.2, 0.25) is 0 Å². The van der Waals surface area contributed by atoms with Crippen LogP contribution >= 0.6 is 0 Å². The predicted molar refractivity (Wildman–Crippen MR) is 86.5 cm³/mol. The second kappa shape index (κ2) is 8.45. The van der Waals surface area contributed by atoms with Crippen LogP contribution in [0.15, 0.2) is 18.2 Å². The average Bonchev–Trinajstić information content (AvgIpc) is 2.44. The van der Waals surface area contributed by atoms with Crippen LogP contribution in [0.25, 0.3) is 0 Å². The number of aryl methyl sites for hydroxylation is 1. The molecule has 0 saturated heterocycles. The summed E-state index contributed by atoms with van der Waals surface area (Å²) >= 11 is 0. The summed E-state index contributed by atoms with van der Waals surface area (Å²) < 4.78 is 0. The number of benzene rings is 1. The molecule has 0 aromatic heterocycles. The van der Waals surface area contributed by atoms with E-state index in [4.69, 9.17) is 0 Å². The fraction of sp³-hybridized carbons (Fsp3) is 0.529. The van der Waals surface area contributed by atoms with Crippen molar-refractivity contribution in [3.05, 3.63) is 29.3 Å². The van der Waals surface area contributed by atoms with Gasteiger partial charge < -0.3 is 10.2 Å². The van der Waals surface area contributed by atoms with Gasteiger partial charge in [0.15, 0.2) is 0 Å². The molecule has 0 bridgehead atoms. The van der Waals surface area contributed by atoms with E-state index in [1.54, 1.807) is 0 Å². The Kier molecular flexibility index (Phi) is 6.92. The molecule has 0 unspecified atom stereocenters. The third-order valence-electron chi connectivity index (χ3n) is 3.65. The van der Waals surface area contributed by atoms with Gasteiger partial charge in [-0.25, -0.2) is 0 Å². The Bertz CT molecular complexity index is 498. The van der Waals surface area contributed by atoms with Gasteiger partial charge in [-0.3, -0.25) is 9.59 Å². The Morgan fingerprint density at radius 1 is 1.19 bits per heavy atom. The first-order valence-electron chi connectivity index (χ1n) is 7.58. The van der Waals surface area contributed by atoms with Gasteiger partial charge in [0.25, 0.3) is 0 Å². The van der Waals surface area contributed by atoms with Crippen LogP contribution in [0.3, 0.4) is 0 Å². The van der Waals surface area contributed by atoms with Crippen LogP contribution in [0.1, 0.15) is 44.2 Å². The monoisotopic (exact) mass is 290 g/mol. The molecule has 4 nitrogen and oxygen atoms in total. The lowest BCUT2D eigenvalue weighted by molar-refractivity contribution is -0.123. The van der Waals surface area contributed by atoms with E-state index in [-0.39, 0.29) is 18.4 Å². The summed E-state index contributed by atoms with van der Waals surface area (Å²) in [5.74, 6) is -0.227. The van der Waals surface area contributed by atoms with Crippen molar-refractivity contribution in [2.45, 2.75) is 47.0 Å². The van der Waals surface area contributed by atoms with Gasteiger partial charge in [-0.1, -0.05) is 31.9 Å². The summed E-state index contributed by atoms with van der Waals surface area (Å²) in [6, 6.07) is 5.79. The highest BCUT2D eigenvalue weighted by Crippen LogP contribution is 2.22. The van der Waals surface area contributed by atoms with Gasteiger partial charge in [-0.05, 0) is 37.5 Å². The molecule has 0 heterocycles. The number of carbonyl (C=O) groups excluding carboxylic acids is 2. The topological polar surface area (TPSA) is 49.4 Å². The molecule has 1 rings (SSSR count). The molecule has 2 amide bonds. The predicted octanol–water partition coefficient (Wildman–Crippen LogP) is 2.96. The number of rotatable bonds is 7. The molecule has 0 aliphatic carbocycles. The number of unbranched alkanes of at least 4 members (excludes halogenated alkanes) is 2. The summed E-state index contributed by atoms with van der Waals surface area (Å²) in [4.78, 5) is 25.4. The summed E-state index contributed by atoms with van der Waals surface area (Å²) in [6.45, 7) is 8.34. The van der Waals surface area contributed by atoms with E-state index in [0.717, 1.165) is 36.1 Å². The van der Waals surface area contributed by atoms with E-state index in [9.17, 15) is 9.59 Å². The summed E-state index contributed by atoms with van der Waals surface area (Å²) in [6.07, 6.45) is 3.21. The van der Waals surface area contributed by atoms with Crippen LogP contribution in [-0.2, 0) is 9.59 Å². The molecule has 1 N–H and O–H groups in total. The number of hydrogen-bond acceptors (Lipinski definition) is 2. The Labute approximate surface area is 127 Å². The van der Waals surface area contributed by atoms with Gasteiger partial charge in [0.1, 0.15) is 6.54 Å². The Morgan fingerprint density at radius 3 is 2.52 bits per heavy atom. The zero-order chi connectivity index (χ0) is 15.8. The summed E-state index contributed by atoms with van der Waals surface area (Å²) in [5, 5.41) is 2.87. The van der Waals surface area contributed by atoms with Gasteiger partial charge in [0.05, 0.1) is 0 Å². The van der Waals surface area contributed by atoms with Gasteiger partial charge in [-0.15, -0.1) is 0 Å². The van der Waals surface area contributed by atoms with Crippen molar-refractivity contribution in [2.24, 2.45) is 0 Å². The molecule has 0 radical (unpaired) electrons. The van der Waals surface area contributed by atoms with E-state index in [1.807, 2.05) is 32.0 Å². The quantitative estimate of drug-likeness (QED) is 0.785. The van der Waals surface area contributed by atoms with Gasteiger partial charge in [-0.2, -0.15) is 0 Å². The zero-order valence-corrected chi connectivity index (χ0v) is 13.5. The summed E-state index contributed by atoms with van der Waals surface area (Å²) in [5.41, 5.74) is 2.96. The number of anilines is 1. The molecular formula is C17H26N2O2. The highest BCUT2D eigenvalue weighted by molar-refractivity contribution is 5.98. The Hall–Kier alpha value is -1.84. The molecule has 21 heavy (non-hydrogen) atoms. The Balaban J connectivity index is 2.72. The van der Waals surface area contributed by atoms with Crippen molar-refractivity contribution >= 4 is 17.5 Å². The third kappa shape index (κ3) is 5.21. The van der Waals surface area contributed by atoms with Gasteiger partial charge in [0, 0.05) is 19.2 Å². The van der Waals surface area contributed by atoms with Crippen molar-refractivity contribution < 1.29 is 9.59 Å². The van der Waals surface area contributed by atoms with Gasteiger partial charge in [0.2, 0.25) is 11.8 Å². The Morgan fingerprint density at radius 2 is 1.90 bits per heavy atom. The van der Waals surface area contributed by atoms with E-state index >= 15 is 0 Å². The van der Waals surface area contributed by atoms with Crippen molar-refractivity contribution in [1.82, 2.24) is 5.32 Å². The van der Waals surface area contributed by atoms with Crippen LogP contribution in [0.5, 0.6) is 0 Å². The number of hydrogen-bond donors (Lipinski definition) is 1. The standard InChI is InChI=1S/C17H26N2O2/c1-5-6-7-11-18-17(21)12-19(15(4)20)16-10-8-9-13(2)14(16)3/h8-10H,5-7,11-12H2,1-4H3,(H,18,21). The molecule has 1 aromatic rings. The molecule has 4 heteroatoms. The third-order valence-corrected chi connectivity index (χ3v) is 3.65.